The van der Waals surface area contributed by atoms with Crippen LogP contribution in [-0.2, 0) is 22.8 Å². The zero-order valence-corrected chi connectivity index (χ0v) is 12.8. The molecule has 98 valence electrons. The maximum atomic E-state index is 6.00. The van der Waals surface area contributed by atoms with Gasteiger partial charge in [0.2, 0.25) is 0 Å². The summed E-state index contributed by atoms with van der Waals surface area (Å²) in [4.78, 5) is 0. The average Bonchev–Trinajstić information content (AvgIpc) is 2.54. The van der Waals surface area contributed by atoms with Crippen LogP contribution >= 0.6 is 11.6 Å². The normalized spacial score (nSPS) is 12.1. The topological polar surface area (TPSA) is 36.3 Å². The lowest BCUT2D eigenvalue weighted by atomic mass is 10.5. The van der Waals surface area contributed by atoms with Gasteiger partial charge in [0.25, 0.3) is 0 Å². The van der Waals surface area contributed by atoms with Gasteiger partial charge in [-0.25, -0.2) is 4.68 Å². The van der Waals surface area contributed by atoms with Crippen molar-refractivity contribution in [3.8, 4) is 0 Å². The van der Waals surface area contributed by atoms with Crippen molar-refractivity contribution in [3.05, 3.63) is 16.9 Å². The van der Waals surface area contributed by atoms with Gasteiger partial charge in [0, 0.05) is 28.0 Å². The molecule has 1 heterocycles. The fraction of sp³-hybridized carbons (Fsp3) is 0.727. The van der Waals surface area contributed by atoms with Gasteiger partial charge in [0.1, 0.15) is 12.4 Å². The second kappa shape index (κ2) is 6.54. The van der Waals surface area contributed by atoms with Crippen molar-refractivity contribution >= 4 is 19.7 Å². The Morgan fingerprint density at radius 3 is 2.71 bits per heavy atom. The van der Waals surface area contributed by atoms with Crippen molar-refractivity contribution in [1.29, 1.82) is 0 Å². The molecule has 1 rings (SSSR count). The van der Waals surface area contributed by atoms with Crippen LogP contribution in [0.5, 0.6) is 0 Å². The van der Waals surface area contributed by atoms with Gasteiger partial charge in [0.05, 0.1) is 11.6 Å². The Morgan fingerprint density at radius 1 is 1.41 bits per heavy atom. The van der Waals surface area contributed by atoms with Gasteiger partial charge in [-0.15, -0.1) is 0 Å². The molecule has 0 bridgehead atoms. The second-order valence-electron chi connectivity index (χ2n) is 5.24. The highest BCUT2D eigenvalue weighted by atomic mass is 35.5. The molecule has 0 saturated carbocycles. The summed E-state index contributed by atoms with van der Waals surface area (Å²) < 4.78 is 12.3. The van der Waals surface area contributed by atoms with E-state index in [1.807, 2.05) is 0 Å². The number of nitrogens with zero attached hydrogens (tertiary/aromatic N) is 2. The van der Waals surface area contributed by atoms with Crippen LogP contribution in [0.4, 0.5) is 0 Å². The maximum Gasteiger partial charge on any atom is 0.139 e. The molecule has 0 amide bonds. The first-order valence-electron chi connectivity index (χ1n) is 5.71. The summed E-state index contributed by atoms with van der Waals surface area (Å²) in [6, 6.07) is 1.16. The molecule has 0 radical (unpaired) electrons. The van der Waals surface area contributed by atoms with E-state index in [1.54, 1.807) is 18.0 Å². The average molecular weight is 277 g/mol. The third-order valence-electron chi connectivity index (χ3n) is 2.29. The lowest BCUT2D eigenvalue weighted by molar-refractivity contribution is 0.0774. The Kier molecular flexibility index (Phi) is 5.65. The van der Waals surface area contributed by atoms with Crippen LogP contribution in [0, 0.1) is 0 Å². The van der Waals surface area contributed by atoms with Crippen molar-refractivity contribution < 1.29 is 9.47 Å². The van der Waals surface area contributed by atoms with Crippen molar-refractivity contribution in [2.45, 2.75) is 39.0 Å². The van der Waals surface area contributed by atoms with Crippen LogP contribution in [0.2, 0.25) is 30.7 Å². The van der Waals surface area contributed by atoms with Crippen molar-refractivity contribution in [1.82, 2.24) is 9.78 Å². The van der Waals surface area contributed by atoms with E-state index in [0.717, 1.165) is 18.3 Å². The Morgan fingerprint density at radius 2 is 2.12 bits per heavy atom. The van der Waals surface area contributed by atoms with Gasteiger partial charge in [0.15, 0.2) is 0 Å². The largest absolute Gasteiger partial charge is 0.378 e. The van der Waals surface area contributed by atoms with Crippen molar-refractivity contribution in [2.24, 2.45) is 0 Å². The van der Waals surface area contributed by atoms with E-state index in [-0.39, 0.29) is 0 Å². The Balaban J connectivity index is 2.34. The third-order valence-corrected chi connectivity index (χ3v) is 4.31. The smallest absolute Gasteiger partial charge is 0.139 e. The molecule has 0 saturated heterocycles. The molecular weight excluding hydrogens is 256 g/mol. The predicted octanol–water partition coefficient (Wildman–Crippen LogP) is 3.00. The highest BCUT2D eigenvalue weighted by Gasteiger charge is 2.12. The van der Waals surface area contributed by atoms with Crippen LogP contribution in [0.15, 0.2) is 6.20 Å². The highest BCUT2D eigenvalue weighted by Crippen LogP contribution is 2.14. The van der Waals surface area contributed by atoms with Gasteiger partial charge >= 0.3 is 0 Å². The summed E-state index contributed by atoms with van der Waals surface area (Å²) in [6.07, 6.45) is 1.77. The summed E-state index contributed by atoms with van der Waals surface area (Å²) in [6.45, 7) is 8.66. The Labute approximate surface area is 109 Å². The zero-order valence-electron chi connectivity index (χ0n) is 11.0. The number of aromatic nitrogens is 2. The Hall–Kier alpha value is -0.363. The minimum Gasteiger partial charge on any atom is -0.378 e. The molecule has 17 heavy (non-hydrogen) atoms. The number of ether oxygens (including phenoxy) is 2. The van der Waals surface area contributed by atoms with Crippen molar-refractivity contribution in [3.63, 3.8) is 0 Å². The molecule has 0 fully saturated rings. The first kappa shape index (κ1) is 14.7. The summed E-state index contributed by atoms with van der Waals surface area (Å²) in [5.41, 5.74) is 0.753. The summed E-state index contributed by atoms with van der Waals surface area (Å²) in [5.74, 6) is 0. The molecule has 1 aromatic rings. The van der Waals surface area contributed by atoms with Crippen LogP contribution < -0.4 is 0 Å². The summed E-state index contributed by atoms with van der Waals surface area (Å²) in [5, 5.41) is 4.91. The molecular formula is C11H21ClN2O2Si. The maximum absolute atomic E-state index is 6.00. The number of methoxy groups -OCH3 is 1. The van der Waals surface area contributed by atoms with Gasteiger partial charge < -0.3 is 9.47 Å². The lowest BCUT2D eigenvalue weighted by Crippen LogP contribution is -2.22. The SMILES string of the molecule is COCc1nn(COCC[Si](C)(C)C)cc1Cl. The second-order valence-corrected chi connectivity index (χ2v) is 11.3. The summed E-state index contributed by atoms with van der Waals surface area (Å²) >= 11 is 6.00. The van der Waals surface area contributed by atoms with Gasteiger partial charge in [-0.05, 0) is 6.04 Å². The molecule has 4 nitrogen and oxygen atoms in total. The molecule has 0 aliphatic heterocycles. The quantitative estimate of drug-likeness (QED) is 0.567. The minimum absolute atomic E-state index is 0.431. The van der Waals surface area contributed by atoms with Crippen LogP contribution in [-0.4, -0.2) is 31.6 Å². The number of halogens is 1. The fourth-order valence-corrected chi connectivity index (χ4v) is 2.24. The van der Waals surface area contributed by atoms with E-state index < -0.39 is 8.07 Å². The molecule has 6 heteroatoms. The van der Waals surface area contributed by atoms with E-state index in [1.165, 1.54) is 0 Å². The van der Waals surface area contributed by atoms with E-state index in [0.29, 0.717) is 18.4 Å². The molecule has 0 aliphatic rings. The molecule has 0 aromatic carbocycles. The fourth-order valence-electron chi connectivity index (χ4n) is 1.27. The van der Waals surface area contributed by atoms with E-state index in [4.69, 9.17) is 21.1 Å². The van der Waals surface area contributed by atoms with Crippen LogP contribution in [0.1, 0.15) is 5.69 Å². The number of rotatable bonds is 7. The predicted molar refractivity (Wildman–Crippen MR) is 72.1 cm³/mol. The van der Waals surface area contributed by atoms with Gasteiger partial charge in [-0.3, -0.25) is 0 Å². The van der Waals surface area contributed by atoms with Gasteiger partial charge in [-0.2, -0.15) is 5.10 Å². The van der Waals surface area contributed by atoms with E-state index in [2.05, 4.69) is 24.7 Å². The standard InChI is InChI=1S/C11H21ClN2O2Si/c1-15-8-11-10(12)7-14(13-11)9-16-5-6-17(2,3)4/h7H,5-6,8-9H2,1-4H3. The van der Waals surface area contributed by atoms with E-state index in [9.17, 15) is 0 Å². The molecule has 0 unspecified atom stereocenters. The minimum atomic E-state index is -1.01. The number of hydrogen-bond donors (Lipinski definition) is 0. The highest BCUT2D eigenvalue weighted by molar-refractivity contribution is 6.76. The zero-order chi connectivity index (χ0) is 12.9. The molecule has 1 aromatic heterocycles. The van der Waals surface area contributed by atoms with Crippen LogP contribution in [0.3, 0.4) is 0 Å². The number of hydrogen-bond acceptors (Lipinski definition) is 3. The lowest BCUT2D eigenvalue weighted by Gasteiger charge is -2.15. The first-order valence-corrected chi connectivity index (χ1v) is 9.79. The third kappa shape index (κ3) is 5.67. The van der Waals surface area contributed by atoms with Gasteiger partial charge in [-0.1, -0.05) is 31.2 Å². The molecule has 0 atom stereocenters. The molecule has 0 aliphatic carbocycles. The monoisotopic (exact) mass is 276 g/mol. The first-order chi connectivity index (χ1) is 7.92. The molecule has 0 N–H and O–H groups in total. The van der Waals surface area contributed by atoms with Crippen molar-refractivity contribution in [2.75, 3.05) is 13.7 Å². The molecule has 0 spiro atoms. The Bertz CT molecular complexity index is 350. The van der Waals surface area contributed by atoms with E-state index >= 15 is 0 Å². The van der Waals surface area contributed by atoms with Crippen LogP contribution in [0.25, 0.3) is 0 Å². The summed E-state index contributed by atoms with van der Waals surface area (Å²) in [7, 11) is 0.610.